The molecular weight excluding hydrogens is 312 g/mol. The molecule has 0 saturated heterocycles. The Labute approximate surface area is 133 Å². The van der Waals surface area contributed by atoms with E-state index in [-0.39, 0.29) is 11.3 Å². The number of esters is 1. The van der Waals surface area contributed by atoms with Crippen molar-refractivity contribution in [1.82, 2.24) is 0 Å². The predicted octanol–water partition coefficient (Wildman–Crippen LogP) is 4.58. The van der Waals surface area contributed by atoms with Crippen molar-refractivity contribution in [1.29, 1.82) is 0 Å². The molecule has 3 atom stereocenters. The largest absolute Gasteiger partial charge is 0.441 e. The van der Waals surface area contributed by atoms with Crippen molar-refractivity contribution in [2.24, 2.45) is 17.3 Å². The lowest BCUT2D eigenvalue weighted by Gasteiger charge is -2.12. The molecule has 6 heteroatoms. The van der Waals surface area contributed by atoms with Gasteiger partial charge in [-0.2, -0.15) is 13.2 Å². The van der Waals surface area contributed by atoms with E-state index in [1.54, 1.807) is 0 Å². The van der Waals surface area contributed by atoms with Crippen molar-refractivity contribution in [3.05, 3.63) is 23.6 Å². The van der Waals surface area contributed by atoms with Gasteiger partial charge < -0.3 is 4.74 Å². The Bertz CT molecular complexity index is 560. The lowest BCUT2D eigenvalue weighted by molar-refractivity contribution is -0.148. The van der Waals surface area contributed by atoms with E-state index in [0.29, 0.717) is 6.08 Å². The summed E-state index contributed by atoms with van der Waals surface area (Å²) < 4.78 is 54.8. The number of hydrogen-bond donors (Lipinski definition) is 0. The predicted molar refractivity (Wildman–Crippen MR) is 78.8 cm³/mol. The van der Waals surface area contributed by atoms with Crippen LogP contribution in [0.2, 0.25) is 0 Å². The summed E-state index contributed by atoms with van der Waals surface area (Å²) in [7, 11) is 0. The first-order chi connectivity index (χ1) is 10.4. The van der Waals surface area contributed by atoms with Gasteiger partial charge in [0.2, 0.25) is 6.10 Å². The van der Waals surface area contributed by atoms with Crippen molar-refractivity contribution >= 4 is 5.97 Å². The number of terminal acetylenes is 1. The maximum absolute atomic E-state index is 13.7. The van der Waals surface area contributed by atoms with Gasteiger partial charge in [-0.3, -0.25) is 4.79 Å². The standard InChI is InChI=1S/C17H20F4O2/c1-6-13(12(18)7-8-17(19,20)21)23-15(22)14-11(9-10(2)3)16(14,4)5/h1,7,9,11,13-14H,8H2,2-5H3. The lowest BCUT2D eigenvalue weighted by Crippen LogP contribution is -2.20. The number of ether oxygens (including phenoxy) is 1. The third kappa shape index (κ3) is 5.12. The number of carbonyl (C=O) groups excluding carboxylic acids is 1. The molecule has 3 unspecified atom stereocenters. The van der Waals surface area contributed by atoms with Crippen LogP contribution in [-0.4, -0.2) is 18.2 Å². The molecule has 1 fully saturated rings. The van der Waals surface area contributed by atoms with Crippen LogP contribution in [0.15, 0.2) is 23.6 Å². The fourth-order valence-electron chi connectivity index (χ4n) is 2.48. The molecule has 1 aliphatic rings. The van der Waals surface area contributed by atoms with Crippen LogP contribution in [0.1, 0.15) is 34.1 Å². The summed E-state index contributed by atoms with van der Waals surface area (Å²) in [5.41, 5.74) is 0.683. The van der Waals surface area contributed by atoms with E-state index in [0.717, 1.165) is 5.57 Å². The van der Waals surface area contributed by atoms with E-state index in [4.69, 9.17) is 11.2 Å². The first-order valence-corrected chi connectivity index (χ1v) is 7.14. The molecule has 1 saturated carbocycles. The van der Waals surface area contributed by atoms with E-state index in [1.807, 2.05) is 39.7 Å². The average Bonchev–Trinajstić information content (AvgIpc) is 2.92. The smallest absolute Gasteiger partial charge is 0.392 e. The van der Waals surface area contributed by atoms with Gasteiger partial charge in [0.05, 0.1) is 12.3 Å². The molecule has 0 aromatic heterocycles. The van der Waals surface area contributed by atoms with Gasteiger partial charge in [-0.05, 0) is 31.3 Å². The minimum Gasteiger partial charge on any atom is -0.441 e. The van der Waals surface area contributed by atoms with Crippen LogP contribution in [-0.2, 0) is 9.53 Å². The Hall–Kier alpha value is -1.77. The Morgan fingerprint density at radius 1 is 1.39 bits per heavy atom. The Kier molecular flexibility index (Phi) is 5.68. The molecule has 0 aliphatic heterocycles. The number of alkyl halides is 3. The summed E-state index contributed by atoms with van der Waals surface area (Å²) >= 11 is 0. The zero-order chi connectivity index (χ0) is 18.0. The van der Waals surface area contributed by atoms with Crippen LogP contribution in [0.5, 0.6) is 0 Å². The first kappa shape index (κ1) is 19.3. The molecule has 0 aromatic carbocycles. The molecule has 23 heavy (non-hydrogen) atoms. The van der Waals surface area contributed by atoms with Crippen molar-refractivity contribution in [2.45, 2.75) is 46.4 Å². The molecular formula is C17H20F4O2. The van der Waals surface area contributed by atoms with Gasteiger partial charge >= 0.3 is 12.1 Å². The topological polar surface area (TPSA) is 26.3 Å². The summed E-state index contributed by atoms with van der Waals surface area (Å²) in [6.07, 6.45) is -0.463. The molecule has 0 bridgehead atoms. The number of hydrogen-bond acceptors (Lipinski definition) is 2. The van der Waals surface area contributed by atoms with Gasteiger partial charge in [0, 0.05) is 0 Å². The van der Waals surface area contributed by atoms with Gasteiger partial charge in [-0.25, -0.2) is 4.39 Å². The molecule has 0 heterocycles. The molecule has 0 N–H and O–H groups in total. The molecule has 1 rings (SSSR count). The summed E-state index contributed by atoms with van der Waals surface area (Å²) in [5.74, 6) is -0.652. The zero-order valence-electron chi connectivity index (χ0n) is 13.5. The fourth-order valence-corrected chi connectivity index (χ4v) is 2.48. The van der Waals surface area contributed by atoms with E-state index in [1.165, 1.54) is 0 Å². The van der Waals surface area contributed by atoms with Gasteiger partial charge in [0.15, 0.2) is 0 Å². The summed E-state index contributed by atoms with van der Waals surface area (Å²) in [4.78, 5) is 12.1. The fraction of sp³-hybridized carbons (Fsp3) is 0.588. The first-order valence-electron chi connectivity index (χ1n) is 7.14. The minimum absolute atomic E-state index is 0.0550. The van der Waals surface area contributed by atoms with Gasteiger partial charge in [0.25, 0.3) is 0 Å². The second kappa shape index (κ2) is 6.77. The van der Waals surface area contributed by atoms with E-state index in [9.17, 15) is 22.4 Å². The van der Waals surface area contributed by atoms with Crippen LogP contribution in [0.3, 0.4) is 0 Å². The second-order valence-electron chi connectivity index (χ2n) is 6.46. The van der Waals surface area contributed by atoms with Crippen LogP contribution < -0.4 is 0 Å². The van der Waals surface area contributed by atoms with Gasteiger partial charge in [-0.15, -0.1) is 6.42 Å². The van der Waals surface area contributed by atoms with Crippen molar-refractivity contribution in [3.8, 4) is 12.3 Å². The van der Waals surface area contributed by atoms with Crippen molar-refractivity contribution in [2.75, 3.05) is 0 Å². The highest BCUT2D eigenvalue weighted by Crippen LogP contribution is 2.60. The maximum Gasteiger partial charge on any atom is 0.392 e. The Balaban J connectivity index is 2.76. The van der Waals surface area contributed by atoms with Crippen molar-refractivity contribution in [3.63, 3.8) is 0 Å². The molecule has 0 radical (unpaired) electrons. The van der Waals surface area contributed by atoms with Gasteiger partial charge in [0.1, 0.15) is 5.83 Å². The quantitative estimate of drug-likeness (QED) is 0.319. The van der Waals surface area contributed by atoms with Crippen molar-refractivity contribution < 1.29 is 27.1 Å². The molecule has 1 aliphatic carbocycles. The normalized spacial score (nSPS) is 24.4. The van der Waals surface area contributed by atoms with Crippen LogP contribution in [0, 0.1) is 29.6 Å². The van der Waals surface area contributed by atoms with E-state index < -0.39 is 36.4 Å². The monoisotopic (exact) mass is 332 g/mol. The molecule has 128 valence electrons. The van der Waals surface area contributed by atoms with E-state index >= 15 is 0 Å². The highest BCUT2D eigenvalue weighted by atomic mass is 19.4. The Morgan fingerprint density at radius 2 is 1.96 bits per heavy atom. The van der Waals surface area contributed by atoms with Gasteiger partial charge in [-0.1, -0.05) is 31.4 Å². The summed E-state index contributed by atoms with van der Waals surface area (Å²) in [5, 5.41) is 0. The zero-order valence-corrected chi connectivity index (χ0v) is 13.5. The number of rotatable bonds is 5. The second-order valence-corrected chi connectivity index (χ2v) is 6.46. The third-order valence-electron chi connectivity index (χ3n) is 3.84. The highest BCUT2D eigenvalue weighted by Gasteiger charge is 2.61. The SMILES string of the molecule is C#CC(OC(=O)C1C(C=C(C)C)C1(C)C)C(F)=CCC(F)(F)F. The third-order valence-corrected chi connectivity index (χ3v) is 3.84. The number of allylic oxidation sites excluding steroid dienone is 3. The van der Waals surface area contributed by atoms with Crippen LogP contribution in [0.25, 0.3) is 0 Å². The van der Waals surface area contributed by atoms with E-state index in [2.05, 4.69) is 0 Å². The maximum atomic E-state index is 13.7. The van der Waals surface area contributed by atoms with Crippen LogP contribution in [0.4, 0.5) is 17.6 Å². The lowest BCUT2D eigenvalue weighted by atomic mass is 10.1. The average molecular weight is 332 g/mol. The number of carbonyl (C=O) groups is 1. The summed E-state index contributed by atoms with van der Waals surface area (Å²) in [6.45, 7) is 7.51. The number of halogens is 4. The van der Waals surface area contributed by atoms with Crippen LogP contribution >= 0.6 is 0 Å². The molecule has 0 aromatic rings. The Morgan fingerprint density at radius 3 is 2.39 bits per heavy atom. The molecule has 2 nitrogen and oxygen atoms in total. The minimum atomic E-state index is -4.55. The highest BCUT2D eigenvalue weighted by molar-refractivity contribution is 5.79. The summed E-state index contributed by atoms with van der Waals surface area (Å²) in [6, 6.07) is 0. The molecule has 0 amide bonds. The molecule has 0 spiro atoms.